The molecule has 33 heavy (non-hydrogen) atoms. The Labute approximate surface area is 201 Å². The maximum absolute atomic E-state index is 13.5. The zero-order valence-corrected chi connectivity index (χ0v) is 22.5. The SMILES string of the molecule is CCOC(=O)C(C)=C[C@H](C(C)C)N(C)C(=O)[C@@H](NC(=O)[C@H]1CC[C@@H](C)CN1C(C)C)C(C)C. The molecule has 4 atom stereocenters. The van der Waals surface area contributed by atoms with Crippen molar-refractivity contribution in [2.24, 2.45) is 17.8 Å². The molecule has 0 spiro atoms. The van der Waals surface area contributed by atoms with Gasteiger partial charge < -0.3 is 15.0 Å². The van der Waals surface area contributed by atoms with Crippen LogP contribution in [-0.4, -0.2) is 72.0 Å². The lowest BCUT2D eigenvalue weighted by Gasteiger charge is -2.41. The average molecular weight is 466 g/mol. The lowest BCUT2D eigenvalue weighted by atomic mass is 9.91. The van der Waals surface area contributed by atoms with Crippen LogP contribution in [0.25, 0.3) is 0 Å². The van der Waals surface area contributed by atoms with Crippen molar-refractivity contribution < 1.29 is 19.1 Å². The minimum atomic E-state index is -0.631. The summed E-state index contributed by atoms with van der Waals surface area (Å²) in [4.78, 5) is 42.9. The molecule has 0 saturated carbocycles. The Hall–Kier alpha value is -1.89. The molecule has 0 unspecified atom stereocenters. The fourth-order valence-corrected chi connectivity index (χ4v) is 4.49. The van der Waals surface area contributed by atoms with E-state index in [-0.39, 0.29) is 47.7 Å². The van der Waals surface area contributed by atoms with E-state index in [1.807, 2.05) is 27.7 Å². The molecule has 2 amide bonds. The van der Waals surface area contributed by atoms with Crippen LogP contribution in [0.2, 0.25) is 0 Å². The van der Waals surface area contributed by atoms with Gasteiger partial charge in [0.2, 0.25) is 11.8 Å². The van der Waals surface area contributed by atoms with Crippen molar-refractivity contribution >= 4 is 17.8 Å². The molecule has 1 saturated heterocycles. The van der Waals surface area contributed by atoms with E-state index in [1.165, 1.54) is 0 Å². The molecule has 0 aromatic heterocycles. The topological polar surface area (TPSA) is 79.0 Å². The first kappa shape index (κ1) is 29.1. The summed E-state index contributed by atoms with van der Waals surface area (Å²) in [5.74, 6) is -0.0186. The van der Waals surface area contributed by atoms with Crippen LogP contribution in [0.4, 0.5) is 0 Å². The first-order valence-electron chi connectivity index (χ1n) is 12.5. The molecular weight excluding hydrogens is 418 g/mol. The molecular formula is C26H47N3O4. The number of nitrogens with zero attached hydrogens (tertiary/aromatic N) is 2. The number of rotatable bonds is 10. The van der Waals surface area contributed by atoms with E-state index >= 15 is 0 Å². The minimum absolute atomic E-state index is 0.0677. The summed E-state index contributed by atoms with van der Waals surface area (Å²) in [6, 6.07) is -0.871. The van der Waals surface area contributed by atoms with Gasteiger partial charge in [-0.1, -0.05) is 40.7 Å². The molecule has 0 bridgehead atoms. The van der Waals surface area contributed by atoms with E-state index in [9.17, 15) is 14.4 Å². The number of hydrogen-bond donors (Lipinski definition) is 1. The highest BCUT2D eigenvalue weighted by Crippen LogP contribution is 2.24. The lowest BCUT2D eigenvalue weighted by molar-refractivity contribution is -0.140. The van der Waals surface area contributed by atoms with Gasteiger partial charge in [-0.25, -0.2) is 4.79 Å². The smallest absolute Gasteiger partial charge is 0.333 e. The van der Waals surface area contributed by atoms with Crippen molar-refractivity contribution in [2.75, 3.05) is 20.2 Å². The molecule has 1 heterocycles. The number of likely N-dealkylation sites (tertiary alicyclic amines) is 1. The van der Waals surface area contributed by atoms with Crippen molar-refractivity contribution in [3.8, 4) is 0 Å². The number of carbonyl (C=O) groups excluding carboxylic acids is 3. The van der Waals surface area contributed by atoms with Crippen molar-refractivity contribution in [3.05, 3.63) is 11.6 Å². The number of likely N-dealkylation sites (N-methyl/N-ethyl adjacent to an activating group) is 1. The second kappa shape index (κ2) is 13.1. The monoisotopic (exact) mass is 465 g/mol. The Morgan fingerprint density at radius 3 is 2.18 bits per heavy atom. The predicted molar refractivity (Wildman–Crippen MR) is 133 cm³/mol. The van der Waals surface area contributed by atoms with Crippen LogP contribution >= 0.6 is 0 Å². The van der Waals surface area contributed by atoms with Crippen LogP contribution in [0, 0.1) is 17.8 Å². The molecule has 0 aromatic carbocycles. The summed E-state index contributed by atoms with van der Waals surface area (Å²) >= 11 is 0. The van der Waals surface area contributed by atoms with Crippen molar-refractivity contribution in [1.82, 2.24) is 15.1 Å². The van der Waals surface area contributed by atoms with Crippen LogP contribution in [-0.2, 0) is 19.1 Å². The molecule has 1 aliphatic heterocycles. The standard InChI is InChI=1S/C26H47N3O4/c1-11-33-26(32)20(9)14-22(16(2)3)28(10)25(31)23(17(4)5)27-24(30)21-13-12-19(8)15-29(21)18(6)7/h14,16-19,21-23H,11-13,15H2,1-10H3,(H,27,30)/t19-,21-,22-,23+/m1/s1. The third-order valence-electron chi connectivity index (χ3n) is 6.55. The molecule has 0 aromatic rings. The molecule has 190 valence electrons. The van der Waals surface area contributed by atoms with Gasteiger partial charge in [-0.15, -0.1) is 0 Å². The summed E-state index contributed by atoms with van der Waals surface area (Å²) in [5, 5.41) is 3.07. The van der Waals surface area contributed by atoms with Crippen molar-refractivity contribution in [2.45, 2.75) is 99.3 Å². The maximum Gasteiger partial charge on any atom is 0.333 e. The lowest BCUT2D eigenvalue weighted by Crippen LogP contribution is -2.59. The van der Waals surface area contributed by atoms with Crippen LogP contribution < -0.4 is 5.32 Å². The number of amides is 2. The normalized spacial score (nSPS) is 21.8. The highest BCUT2D eigenvalue weighted by atomic mass is 16.5. The number of ether oxygens (including phenoxy) is 1. The quantitative estimate of drug-likeness (QED) is 0.394. The largest absolute Gasteiger partial charge is 0.463 e. The molecule has 7 heteroatoms. The Bertz CT molecular complexity index is 702. The first-order chi connectivity index (χ1) is 15.3. The molecule has 1 fully saturated rings. The van der Waals surface area contributed by atoms with Crippen LogP contribution in [0.5, 0.6) is 0 Å². The summed E-state index contributed by atoms with van der Waals surface area (Å²) < 4.78 is 5.09. The second-order valence-electron chi connectivity index (χ2n) is 10.5. The maximum atomic E-state index is 13.5. The first-order valence-corrected chi connectivity index (χ1v) is 12.5. The highest BCUT2D eigenvalue weighted by molar-refractivity contribution is 5.91. The summed E-state index contributed by atoms with van der Waals surface area (Å²) in [6.07, 6.45) is 3.60. The van der Waals surface area contributed by atoms with Gasteiger partial charge in [0.15, 0.2) is 0 Å². The van der Waals surface area contributed by atoms with Gasteiger partial charge in [-0.05, 0) is 58.3 Å². The highest BCUT2D eigenvalue weighted by Gasteiger charge is 2.37. The Kier molecular flexibility index (Phi) is 11.6. The van der Waals surface area contributed by atoms with E-state index < -0.39 is 6.04 Å². The van der Waals surface area contributed by atoms with Gasteiger partial charge in [-0.2, -0.15) is 0 Å². The molecule has 1 aliphatic rings. The van der Waals surface area contributed by atoms with E-state index in [0.717, 1.165) is 19.4 Å². The van der Waals surface area contributed by atoms with Gasteiger partial charge in [-0.3, -0.25) is 14.5 Å². The van der Waals surface area contributed by atoms with E-state index in [2.05, 4.69) is 31.0 Å². The number of nitrogens with one attached hydrogen (secondary N) is 1. The van der Waals surface area contributed by atoms with Gasteiger partial charge in [0.1, 0.15) is 6.04 Å². The third kappa shape index (κ3) is 8.13. The van der Waals surface area contributed by atoms with Crippen molar-refractivity contribution in [1.29, 1.82) is 0 Å². The second-order valence-corrected chi connectivity index (χ2v) is 10.5. The minimum Gasteiger partial charge on any atom is -0.463 e. The molecule has 1 N–H and O–H groups in total. The summed E-state index contributed by atoms with van der Waals surface area (Å²) in [5.41, 5.74) is 0.476. The number of piperidine rings is 1. The zero-order valence-electron chi connectivity index (χ0n) is 22.5. The van der Waals surface area contributed by atoms with Gasteiger partial charge in [0.25, 0.3) is 0 Å². The Balaban J connectivity index is 3.07. The fourth-order valence-electron chi connectivity index (χ4n) is 4.49. The van der Waals surface area contributed by atoms with Gasteiger partial charge in [0.05, 0.1) is 18.7 Å². The molecule has 0 aliphatic carbocycles. The number of carbonyl (C=O) groups is 3. The van der Waals surface area contributed by atoms with Crippen LogP contribution in [0.15, 0.2) is 11.6 Å². The van der Waals surface area contributed by atoms with Gasteiger partial charge in [0, 0.05) is 25.2 Å². The Morgan fingerprint density at radius 1 is 1.09 bits per heavy atom. The number of esters is 1. The van der Waals surface area contributed by atoms with E-state index in [4.69, 9.17) is 4.74 Å². The van der Waals surface area contributed by atoms with E-state index in [0.29, 0.717) is 18.1 Å². The Morgan fingerprint density at radius 2 is 1.70 bits per heavy atom. The van der Waals surface area contributed by atoms with E-state index in [1.54, 1.807) is 31.9 Å². The average Bonchev–Trinajstić information content (AvgIpc) is 2.73. The zero-order chi connectivity index (χ0) is 25.5. The molecule has 7 nitrogen and oxygen atoms in total. The molecule has 1 rings (SSSR count). The van der Waals surface area contributed by atoms with Crippen LogP contribution in [0.3, 0.4) is 0 Å². The van der Waals surface area contributed by atoms with Crippen LogP contribution in [0.1, 0.15) is 75.2 Å². The molecule has 0 radical (unpaired) electrons. The van der Waals surface area contributed by atoms with Gasteiger partial charge >= 0.3 is 5.97 Å². The number of hydrogen-bond acceptors (Lipinski definition) is 5. The fraction of sp³-hybridized carbons (Fsp3) is 0.808. The third-order valence-corrected chi connectivity index (χ3v) is 6.55. The summed E-state index contributed by atoms with van der Waals surface area (Å²) in [6.45, 7) is 19.0. The predicted octanol–water partition coefficient (Wildman–Crippen LogP) is 3.63. The summed E-state index contributed by atoms with van der Waals surface area (Å²) in [7, 11) is 1.74. The van der Waals surface area contributed by atoms with Crippen molar-refractivity contribution in [3.63, 3.8) is 0 Å².